The third-order valence-corrected chi connectivity index (χ3v) is 4.29. The number of nitro groups is 1. The molecule has 11 heteroatoms. The number of ether oxygens (including phenoxy) is 2. The highest BCUT2D eigenvalue weighted by molar-refractivity contribution is 5.80. The summed E-state index contributed by atoms with van der Waals surface area (Å²) in [7, 11) is 0. The minimum atomic E-state index is -0.472. The maximum atomic E-state index is 11.0. The fourth-order valence-electron chi connectivity index (χ4n) is 2.77. The average molecular weight is 444 g/mol. The van der Waals surface area contributed by atoms with Crippen LogP contribution in [0.2, 0.25) is 0 Å². The van der Waals surface area contributed by atoms with Gasteiger partial charge in [-0.3, -0.25) is 14.9 Å². The van der Waals surface area contributed by atoms with Gasteiger partial charge in [0.2, 0.25) is 5.82 Å². The summed E-state index contributed by atoms with van der Waals surface area (Å²) in [5.41, 5.74) is 3.08. The van der Waals surface area contributed by atoms with Crippen LogP contribution in [0, 0.1) is 24.0 Å². The second-order valence-corrected chi connectivity index (χ2v) is 6.62. The zero-order valence-corrected chi connectivity index (χ0v) is 18.7. The SMILES string of the molecule is CCOCCn1c(C=O)nc2ccc(C)nc21.CCOCNc1nc(C)ccc1[N+](=O)[O-]. The molecule has 0 radical (unpaired) electrons. The van der Waals surface area contributed by atoms with Crippen molar-refractivity contribution in [3.8, 4) is 0 Å². The molecule has 0 spiro atoms. The van der Waals surface area contributed by atoms with Gasteiger partial charge in [0.05, 0.1) is 11.5 Å². The first-order chi connectivity index (χ1) is 15.4. The number of carbonyl (C=O) groups excluding carboxylic acids is 1. The van der Waals surface area contributed by atoms with Crippen LogP contribution in [-0.2, 0) is 16.0 Å². The molecule has 0 saturated heterocycles. The summed E-state index contributed by atoms with van der Waals surface area (Å²) in [4.78, 5) is 33.8. The Kier molecular flexibility index (Phi) is 9.64. The Morgan fingerprint density at radius 2 is 1.75 bits per heavy atom. The number of hydrogen-bond acceptors (Lipinski definition) is 9. The van der Waals surface area contributed by atoms with Crippen molar-refractivity contribution in [2.24, 2.45) is 0 Å². The normalized spacial score (nSPS) is 10.5. The zero-order valence-electron chi connectivity index (χ0n) is 18.7. The van der Waals surface area contributed by atoms with Crippen molar-refractivity contribution >= 4 is 29.0 Å². The number of aromatic nitrogens is 4. The van der Waals surface area contributed by atoms with Crippen LogP contribution in [0.25, 0.3) is 11.2 Å². The minimum Gasteiger partial charge on any atom is -0.380 e. The summed E-state index contributed by atoms with van der Waals surface area (Å²) in [5.74, 6) is 0.645. The zero-order chi connectivity index (χ0) is 23.5. The molecule has 3 aromatic rings. The molecule has 0 aromatic carbocycles. The highest BCUT2D eigenvalue weighted by atomic mass is 16.6. The van der Waals surface area contributed by atoms with E-state index in [2.05, 4.69) is 20.3 Å². The molecule has 0 atom stereocenters. The van der Waals surface area contributed by atoms with Gasteiger partial charge in [0, 0.05) is 37.2 Å². The molecule has 0 unspecified atom stereocenters. The van der Waals surface area contributed by atoms with Crippen LogP contribution in [0.1, 0.15) is 35.9 Å². The molecule has 172 valence electrons. The van der Waals surface area contributed by atoms with E-state index in [1.54, 1.807) is 17.6 Å². The van der Waals surface area contributed by atoms with Gasteiger partial charge >= 0.3 is 5.69 Å². The van der Waals surface area contributed by atoms with E-state index >= 15 is 0 Å². The predicted octanol–water partition coefficient (Wildman–Crippen LogP) is 3.29. The van der Waals surface area contributed by atoms with Crippen molar-refractivity contribution < 1.29 is 19.2 Å². The molecule has 0 aliphatic heterocycles. The van der Waals surface area contributed by atoms with Crippen molar-refractivity contribution in [2.75, 3.05) is 31.9 Å². The van der Waals surface area contributed by atoms with E-state index in [9.17, 15) is 14.9 Å². The lowest BCUT2D eigenvalue weighted by atomic mass is 10.3. The Morgan fingerprint density at radius 3 is 2.41 bits per heavy atom. The second kappa shape index (κ2) is 12.4. The first-order valence-corrected chi connectivity index (χ1v) is 10.2. The quantitative estimate of drug-likeness (QED) is 0.164. The maximum absolute atomic E-state index is 11.0. The minimum absolute atomic E-state index is 0.0414. The Bertz CT molecular complexity index is 1050. The Hall–Kier alpha value is -3.44. The van der Waals surface area contributed by atoms with Gasteiger partial charge in [-0.15, -0.1) is 0 Å². The van der Waals surface area contributed by atoms with Crippen molar-refractivity contribution in [2.45, 2.75) is 34.2 Å². The maximum Gasteiger partial charge on any atom is 0.311 e. The van der Waals surface area contributed by atoms with E-state index in [1.165, 1.54) is 6.07 Å². The topological polar surface area (TPSA) is 134 Å². The summed E-state index contributed by atoms with van der Waals surface area (Å²) in [5, 5.41) is 13.4. The summed E-state index contributed by atoms with van der Waals surface area (Å²) >= 11 is 0. The lowest BCUT2D eigenvalue weighted by molar-refractivity contribution is -0.384. The first-order valence-electron chi connectivity index (χ1n) is 10.2. The molecule has 0 amide bonds. The fraction of sp³-hybridized carbons (Fsp3) is 0.429. The summed E-state index contributed by atoms with van der Waals surface area (Å²) in [6.07, 6.45) is 0.753. The predicted molar refractivity (Wildman–Crippen MR) is 120 cm³/mol. The average Bonchev–Trinajstić information content (AvgIpc) is 3.11. The Labute approximate surface area is 185 Å². The summed E-state index contributed by atoms with van der Waals surface area (Å²) in [6.45, 7) is 10.0. The largest absolute Gasteiger partial charge is 0.380 e. The number of rotatable bonds is 10. The highest BCUT2D eigenvalue weighted by Crippen LogP contribution is 2.21. The smallest absolute Gasteiger partial charge is 0.311 e. The first kappa shape index (κ1) is 24.8. The molecule has 0 saturated carbocycles. The molecule has 1 N–H and O–H groups in total. The standard InChI is InChI=1S/C12H15N3O2.C9H13N3O3/c1-3-17-7-6-15-11(8-16)14-10-5-4-9(2)13-12(10)15;1-3-15-6-10-9-8(12(13)14)5-4-7(2)11-9/h4-5,8H,3,6-7H2,1-2H3;4-5H,3,6H2,1-2H3,(H,10,11). The van der Waals surface area contributed by atoms with Crippen LogP contribution in [0.15, 0.2) is 24.3 Å². The number of hydrogen-bond donors (Lipinski definition) is 1. The number of imidazole rings is 1. The lowest BCUT2D eigenvalue weighted by Crippen LogP contribution is -2.09. The molecule has 3 heterocycles. The molecule has 32 heavy (non-hydrogen) atoms. The Morgan fingerprint density at radius 1 is 1.06 bits per heavy atom. The van der Waals surface area contributed by atoms with E-state index in [1.807, 2.05) is 32.9 Å². The molecular formula is C21H28N6O5. The number of fused-ring (bicyclic) bond motifs is 1. The van der Waals surface area contributed by atoms with Crippen LogP contribution in [-0.4, -0.2) is 57.3 Å². The van der Waals surface area contributed by atoms with Crippen molar-refractivity contribution in [3.63, 3.8) is 0 Å². The molecular weight excluding hydrogens is 416 g/mol. The van der Waals surface area contributed by atoms with E-state index in [4.69, 9.17) is 9.47 Å². The molecule has 11 nitrogen and oxygen atoms in total. The molecule has 0 fully saturated rings. The number of aryl methyl sites for hydroxylation is 2. The lowest BCUT2D eigenvalue weighted by Gasteiger charge is -2.06. The number of carbonyl (C=O) groups is 1. The van der Waals surface area contributed by atoms with Crippen LogP contribution in [0.3, 0.4) is 0 Å². The number of pyridine rings is 2. The van der Waals surface area contributed by atoms with Crippen LogP contribution < -0.4 is 5.32 Å². The Balaban J connectivity index is 0.000000229. The van der Waals surface area contributed by atoms with E-state index in [0.29, 0.717) is 32.2 Å². The van der Waals surface area contributed by atoms with Gasteiger partial charge in [-0.2, -0.15) is 0 Å². The molecule has 0 aliphatic rings. The molecule has 0 bridgehead atoms. The van der Waals surface area contributed by atoms with Gasteiger partial charge in [0.25, 0.3) is 0 Å². The fourth-order valence-corrected chi connectivity index (χ4v) is 2.77. The van der Waals surface area contributed by atoms with E-state index in [0.717, 1.165) is 28.8 Å². The number of anilines is 1. The van der Waals surface area contributed by atoms with Gasteiger partial charge in [-0.1, -0.05) is 0 Å². The highest BCUT2D eigenvalue weighted by Gasteiger charge is 2.14. The van der Waals surface area contributed by atoms with Gasteiger partial charge in [-0.25, -0.2) is 15.0 Å². The van der Waals surface area contributed by atoms with Crippen LogP contribution >= 0.6 is 0 Å². The molecule has 3 aromatic heterocycles. The number of nitrogens with one attached hydrogen (secondary N) is 1. The van der Waals surface area contributed by atoms with Crippen molar-refractivity contribution in [1.82, 2.24) is 19.5 Å². The summed E-state index contributed by atoms with van der Waals surface area (Å²) < 4.78 is 12.1. The molecule has 0 aliphatic carbocycles. The monoisotopic (exact) mass is 444 g/mol. The third-order valence-electron chi connectivity index (χ3n) is 4.29. The van der Waals surface area contributed by atoms with Gasteiger partial charge < -0.3 is 19.4 Å². The van der Waals surface area contributed by atoms with Gasteiger partial charge in [0.1, 0.15) is 12.2 Å². The second-order valence-electron chi connectivity index (χ2n) is 6.62. The van der Waals surface area contributed by atoms with E-state index < -0.39 is 4.92 Å². The van der Waals surface area contributed by atoms with Crippen LogP contribution in [0.5, 0.6) is 0 Å². The van der Waals surface area contributed by atoms with Gasteiger partial charge in [0.15, 0.2) is 17.8 Å². The number of nitrogens with zero attached hydrogens (tertiary/aromatic N) is 5. The van der Waals surface area contributed by atoms with Crippen LogP contribution in [0.4, 0.5) is 11.5 Å². The van der Waals surface area contributed by atoms with Crippen molar-refractivity contribution in [1.29, 1.82) is 0 Å². The van der Waals surface area contributed by atoms with E-state index in [-0.39, 0.29) is 18.2 Å². The number of aldehydes is 1. The van der Waals surface area contributed by atoms with Gasteiger partial charge in [-0.05, 0) is 45.9 Å². The van der Waals surface area contributed by atoms with Crippen molar-refractivity contribution in [3.05, 3.63) is 51.6 Å². The molecule has 3 rings (SSSR count). The summed E-state index contributed by atoms with van der Waals surface area (Å²) in [6, 6.07) is 6.79. The third kappa shape index (κ3) is 6.79.